The maximum absolute atomic E-state index is 12.9. The molecule has 0 bridgehead atoms. The van der Waals surface area contributed by atoms with Crippen LogP contribution in [0.2, 0.25) is 15.1 Å². The van der Waals surface area contributed by atoms with Gasteiger partial charge < -0.3 is 20.7 Å². The van der Waals surface area contributed by atoms with Crippen molar-refractivity contribution in [2.24, 2.45) is 5.92 Å². The third-order valence-corrected chi connectivity index (χ3v) is 6.94. The van der Waals surface area contributed by atoms with E-state index in [4.69, 9.17) is 58.0 Å². The minimum atomic E-state index is -4.48. The summed E-state index contributed by atoms with van der Waals surface area (Å²) in [5, 5.41) is 7.61. The summed E-state index contributed by atoms with van der Waals surface area (Å²) in [5.74, 6) is -2.83. The summed E-state index contributed by atoms with van der Waals surface area (Å²) in [4.78, 5) is 36.7. The van der Waals surface area contributed by atoms with Crippen molar-refractivity contribution in [3.8, 4) is 0 Å². The Kier molecular flexibility index (Phi) is 9.07. The molecule has 2 amide bonds. The van der Waals surface area contributed by atoms with Gasteiger partial charge in [0.25, 0.3) is 5.91 Å². The molecule has 0 aromatic heterocycles. The molecule has 14 heteroatoms. The van der Waals surface area contributed by atoms with Crippen LogP contribution in [-0.4, -0.2) is 47.7 Å². The molecule has 2 aromatic carbocycles. The summed E-state index contributed by atoms with van der Waals surface area (Å²) in [6, 6.07) is 7.48. The molecular formula is C22H17Cl5F3N3O3. The van der Waals surface area contributed by atoms with Gasteiger partial charge in [-0.25, -0.2) is 0 Å². The number of carbonyl (C=O) groups is 3. The topological polar surface area (TPSA) is 87.3 Å². The second-order valence-corrected chi connectivity index (χ2v) is 10.7. The monoisotopic (exact) mass is 603 g/mol. The van der Waals surface area contributed by atoms with Crippen LogP contribution in [0.4, 0.5) is 18.9 Å². The van der Waals surface area contributed by atoms with Crippen molar-refractivity contribution in [3.63, 3.8) is 0 Å². The molecule has 0 heterocycles. The predicted molar refractivity (Wildman–Crippen MR) is 133 cm³/mol. The highest BCUT2D eigenvalue weighted by molar-refractivity contribution is 6.53. The lowest BCUT2D eigenvalue weighted by Crippen LogP contribution is -2.45. The van der Waals surface area contributed by atoms with Crippen LogP contribution in [0.25, 0.3) is 0 Å². The molecule has 6 nitrogen and oxygen atoms in total. The Morgan fingerprint density at radius 2 is 1.69 bits per heavy atom. The zero-order valence-electron chi connectivity index (χ0n) is 17.9. The number of alkyl halides is 5. The predicted octanol–water partition coefficient (Wildman–Crippen LogP) is 5.62. The van der Waals surface area contributed by atoms with E-state index in [1.54, 1.807) is 12.1 Å². The molecule has 0 spiro atoms. The van der Waals surface area contributed by atoms with Crippen molar-refractivity contribution in [1.29, 1.82) is 0 Å². The molecule has 3 N–H and O–H groups in total. The Morgan fingerprint density at radius 3 is 2.28 bits per heavy atom. The third kappa shape index (κ3) is 7.18. The fourth-order valence-electron chi connectivity index (χ4n) is 3.57. The third-order valence-electron chi connectivity index (χ3n) is 5.23. The van der Waals surface area contributed by atoms with Crippen molar-refractivity contribution in [2.45, 2.75) is 22.5 Å². The Labute approximate surface area is 228 Å². The second kappa shape index (κ2) is 11.3. The van der Waals surface area contributed by atoms with Crippen molar-refractivity contribution in [2.75, 3.05) is 18.4 Å². The first-order chi connectivity index (χ1) is 16.7. The SMILES string of the molecule is O=CC(CNCC(F)(F)F)NC(=O)c1cc(NC(=O)C2C(c3cc(Cl)cc(Cl)c3)C2(Cl)Cl)ccc1Cl. The van der Waals surface area contributed by atoms with Crippen molar-refractivity contribution in [3.05, 3.63) is 62.6 Å². The van der Waals surface area contributed by atoms with Gasteiger partial charge in [-0.05, 0) is 42.0 Å². The molecule has 3 atom stereocenters. The maximum Gasteiger partial charge on any atom is 0.401 e. The van der Waals surface area contributed by atoms with Crippen LogP contribution in [-0.2, 0) is 9.59 Å². The largest absolute Gasteiger partial charge is 0.401 e. The van der Waals surface area contributed by atoms with Gasteiger partial charge in [0.05, 0.1) is 29.1 Å². The number of halogens is 8. The number of amides is 2. The Balaban J connectivity index is 1.69. The average Bonchev–Trinajstić information content (AvgIpc) is 3.34. The van der Waals surface area contributed by atoms with Crippen LogP contribution in [0.1, 0.15) is 21.8 Å². The van der Waals surface area contributed by atoms with Crippen LogP contribution in [0, 0.1) is 5.92 Å². The molecule has 1 saturated carbocycles. The van der Waals surface area contributed by atoms with Gasteiger partial charge in [-0.2, -0.15) is 13.2 Å². The summed E-state index contributed by atoms with van der Waals surface area (Å²) in [6.45, 7) is -1.78. The van der Waals surface area contributed by atoms with Gasteiger partial charge in [-0.1, -0.05) is 34.8 Å². The van der Waals surface area contributed by atoms with Gasteiger partial charge in [0.2, 0.25) is 5.91 Å². The summed E-state index contributed by atoms with van der Waals surface area (Å²) in [7, 11) is 0. The molecule has 0 aliphatic heterocycles. The van der Waals surface area contributed by atoms with Gasteiger partial charge in [0.15, 0.2) is 0 Å². The molecule has 2 aromatic rings. The minimum absolute atomic E-state index is 0.0136. The number of nitrogens with one attached hydrogen (secondary N) is 3. The van der Waals surface area contributed by atoms with E-state index in [-0.39, 0.29) is 22.6 Å². The van der Waals surface area contributed by atoms with Crippen molar-refractivity contribution < 1.29 is 27.6 Å². The fraction of sp³-hybridized carbons (Fsp3) is 0.318. The fourth-order valence-corrected chi connectivity index (χ4v) is 5.14. The molecule has 1 aliphatic rings. The Hall–Kier alpha value is -1.75. The number of anilines is 1. The van der Waals surface area contributed by atoms with Gasteiger partial charge in [-0.3, -0.25) is 9.59 Å². The molecule has 36 heavy (non-hydrogen) atoms. The summed E-state index contributed by atoms with van der Waals surface area (Å²) in [6.07, 6.45) is -4.19. The Bertz CT molecular complexity index is 1160. The smallest absolute Gasteiger partial charge is 0.341 e. The van der Waals surface area contributed by atoms with Crippen molar-refractivity contribution >= 4 is 81.8 Å². The van der Waals surface area contributed by atoms with Crippen LogP contribution >= 0.6 is 58.0 Å². The molecular weight excluding hydrogens is 589 g/mol. The lowest BCUT2D eigenvalue weighted by Gasteiger charge is -2.16. The van der Waals surface area contributed by atoms with Crippen LogP contribution in [0.3, 0.4) is 0 Å². The molecule has 3 unspecified atom stereocenters. The lowest BCUT2D eigenvalue weighted by molar-refractivity contribution is -0.125. The van der Waals surface area contributed by atoms with Gasteiger partial charge in [-0.15, -0.1) is 23.2 Å². The number of aldehydes is 1. The maximum atomic E-state index is 12.9. The van der Waals surface area contributed by atoms with E-state index in [1.807, 2.05) is 5.32 Å². The molecule has 3 rings (SSSR count). The lowest BCUT2D eigenvalue weighted by atomic mass is 10.1. The zero-order chi connectivity index (χ0) is 26.8. The van der Waals surface area contributed by atoms with E-state index >= 15 is 0 Å². The summed E-state index contributed by atoms with van der Waals surface area (Å²) >= 11 is 30.8. The van der Waals surface area contributed by atoms with E-state index in [9.17, 15) is 27.6 Å². The van der Waals surface area contributed by atoms with E-state index in [0.717, 1.165) is 0 Å². The number of hydrogen-bond acceptors (Lipinski definition) is 4. The number of hydrogen-bond donors (Lipinski definition) is 3. The van der Waals surface area contributed by atoms with Gasteiger partial charge in [0.1, 0.15) is 10.6 Å². The number of benzene rings is 2. The minimum Gasteiger partial charge on any atom is -0.341 e. The standard InChI is InChI=1S/C22H17Cl5F3N3O3/c23-11-3-10(4-12(24)5-11)17-18(22(17,26)27)20(36)32-13-1-2-16(25)15(6-13)19(35)33-14(8-34)7-31-9-21(28,29)30/h1-6,8,14,17-18,31H,7,9H2,(H,32,36)(H,33,35). The highest BCUT2D eigenvalue weighted by Gasteiger charge is 2.67. The number of carbonyl (C=O) groups excluding carboxylic acids is 3. The molecule has 194 valence electrons. The normalized spacial score (nSPS) is 19.3. The summed E-state index contributed by atoms with van der Waals surface area (Å²) < 4.78 is 35.4. The highest BCUT2D eigenvalue weighted by Crippen LogP contribution is 2.65. The second-order valence-electron chi connectivity index (χ2n) is 7.98. The van der Waals surface area contributed by atoms with Crippen LogP contribution in [0.5, 0.6) is 0 Å². The molecule has 1 aliphatic carbocycles. The first kappa shape index (κ1) is 28.8. The first-order valence-electron chi connectivity index (χ1n) is 10.2. The van der Waals surface area contributed by atoms with E-state index < -0.39 is 53.3 Å². The first-order valence-corrected chi connectivity index (χ1v) is 12.1. The van der Waals surface area contributed by atoms with Crippen LogP contribution < -0.4 is 16.0 Å². The molecule has 0 radical (unpaired) electrons. The molecule has 1 fully saturated rings. The zero-order valence-corrected chi connectivity index (χ0v) is 21.7. The van der Waals surface area contributed by atoms with E-state index in [2.05, 4.69) is 10.6 Å². The molecule has 0 saturated heterocycles. The van der Waals surface area contributed by atoms with Gasteiger partial charge in [0, 0.05) is 28.2 Å². The van der Waals surface area contributed by atoms with E-state index in [1.165, 1.54) is 24.3 Å². The highest BCUT2D eigenvalue weighted by atomic mass is 35.5. The summed E-state index contributed by atoms with van der Waals surface area (Å²) in [5.41, 5.74) is 0.633. The quantitative estimate of drug-likeness (QED) is 0.256. The van der Waals surface area contributed by atoms with Gasteiger partial charge >= 0.3 is 6.18 Å². The van der Waals surface area contributed by atoms with Crippen LogP contribution in [0.15, 0.2) is 36.4 Å². The van der Waals surface area contributed by atoms with E-state index in [0.29, 0.717) is 15.6 Å². The Morgan fingerprint density at radius 1 is 1.06 bits per heavy atom. The average molecular weight is 606 g/mol. The van der Waals surface area contributed by atoms with Crippen molar-refractivity contribution in [1.82, 2.24) is 10.6 Å². The number of rotatable bonds is 9.